The van der Waals surface area contributed by atoms with Crippen LogP contribution in [-0.2, 0) is 4.79 Å². The molecule has 11 heavy (non-hydrogen) atoms. The molecule has 1 saturated heterocycles. The lowest BCUT2D eigenvalue weighted by Gasteiger charge is -2.33. The molecule has 3 nitrogen and oxygen atoms in total. The number of amides is 1. The first-order chi connectivity index (χ1) is 5.00. The van der Waals surface area contributed by atoms with Crippen LogP contribution in [0.5, 0.6) is 0 Å². The van der Waals surface area contributed by atoms with E-state index in [4.69, 9.17) is 5.73 Å². The van der Waals surface area contributed by atoms with Gasteiger partial charge in [0.25, 0.3) is 0 Å². The van der Waals surface area contributed by atoms with Crippen LogP contribution < -0.4 is 5.73 Å². The largest absolute Gasteiger partial charge is 0.336 e. The molecule has 0 radical (unpaired) electrons. The van der Waals surface area contributed by atoms with Crippen molar-refractivity contribution in [3.8, 4) is 0 Å². The van der Waals surface area contributed by atoms with Crippen molar-refractivity contribution >= 4 is 5.91 Å². The zero-order valence-electron chi connectivity index (χ0n) is 7.42. The summed E-state index contributed by atoms with van der Waals surface area (Å²) >= 11 is 0. The molecular formula is C8H16N2O. The van der Waals surface area contributed by atoms with Gasteiger partial charge in [0.15, 0.2) is 0 Å². The van der Waals surface area contributed by atoms with Gasteiger partial charge in [-0.15, -0.1) is 0 Å². The number of nitrogens with two attached hydrogens (primary N) is 1. The van der Waals surface area contributed by atoms with Gasteiger partial charge >= 0.3 is 0 Å². The van der Waals surface area contributed by atoms with Crippen LogP contribution in [0, 0.1) is 0 Å². The molecule has 1 heterocycles. The Bertz CT molecular complexity index is 177. The number of likely N-dealkylation sites (N-methyl/N-ethyl adjacent to an activating group) is 1. The third-order valence-corrected chi connectivity index (χ3v) is 2.61. The molecular weight excluding hydrogens is 140 g/mol. The smallest absolute Gasteiger partial charge is 0.224 e. The predicted octanol–water partition coefficient (Wildman–Crippen LogP) is 0.345. The van der Waals surface area contributed by atoms with E-state index in [1.165, 1.54) is 0 Å². The van der Waals surface area contributed by atoms with Gasteiger partial charge in [0.1, 0.15) is 0 Å². The van der Waals surface area contributed by atoms with Gasteiger partial charge in [-0.2, -0.15) is 0 Å². The molecule has 0 aromatic carbocycles. The molecule has 0 bridgehead atoms. The van der Waals surface area contributed by atoms with Crippen molar-refractivity contribution in [1.82, 2.24) is 4.90 Å². The van der Waals surface area contributed by atoms with Crippen molar-refractivity contribution in [3.63, 3.8) is 0 Å². The van der Waals surface area contributed by atoms with Gasteiger partial charge in [-0.25, -0.2) is 0 Å². The van der Waals surface area contributed by atoms with Gasteiger partial charge in [-0.3, -0.25) is 4.79 Å². The second kappa shape index (κ2) is 2.48. The zero-order valence-corrected chi connectivity index (χ0v) is 7.42. The van der Waals surface area contributed by atoms with Crippen LogP contribution in [0.3, 0.4) is 0 Å². The fourth-order valence-corrected chi connectivity index (χ4v) is 1.65. The third kappa shape index (κ3) is 1.13. The molecule has 1 unspecified atom stereocenters. The lowest BCUT2D eigenvalue weighted by atomic mass is 9.97. The Morgan fingerprint density at radius 1 is 1.73 bits per heavy atom. The van der Waals surface area contributed by atoms with Crippen molar-refractivity contribution in [2.45, 2.75) is 38.8 Å². The average molecular weight is 156 g/mol. The molecule has 0 aromatic heterocycles. The summed E-state index contributed by atoms with van der Waals surface area (Å²) in [6.45, 7) is 6.79. The second-order valence-electron chi connectivity index (χ2n) is 3.60. The highest BCUT2D eigenvalue weighted by atomic mass is 16.2. The topological polar surface area (TPSA) is 46.3 Å². The van der Waals surface area contributed by atoms with Gasteiger partial charge in [-0.05, 0) is 20.8 Å². The Balaban J connectivity index is 2.84. The normalized spacial score (nSPS) is 29.6. The summed E-state index contributed by atoms with van der Waals surface area (Å²) < 4.78 is 0. The average Bonchev–Trinajstić information content (AvgIpc) is 2.04. The van der Waals surface area contributed by atoms with Crippen LogP contribution in [0.25, 0.3) is 0 Å². The van der Waals surface area contributed by atoms with Crippen molar-refractivity contribution < 1.29 is 4.79 Å². The zero-order chi connectivity index (χ0) is 8.65. The van der Waals surface area contributed by atoms with Crippen molar-refractivity contribution in [2.75, 3.05) is 6.54 Å². The molecule has 1 atom stereocenters. The van der Waals surface area contributed by atoms with E-state index in [0.29, 0.717) is 6.42 Å². The molecule has 0 aromatic rings. The SMILES string of the molecule is CCN1C(=O)CC(N)C1(C)C. The van der Waals surface area contributed by atoms with Crippen LogP contribution in [0.4, 0.5) is 0 Å². The van der Waals surface area contributed by atoms with Crippen LogP contribution in [0.1, 0.15) is 27.2 Å². The van der Waals surface area contributed by atoms with Crippen LogP contribution in [-0.4, -0.2) is 28.9 Å². The number of nitrogens with zero attached hydrogens (tertiary/aromatic N) is 1. The van der Waals surface area contributed by atoms with Crippen molar-refractivity contribution in [2.24, 2.45) is 5.73 Å². The number of rotatable bonds is 1. The highest BCUT2D eigenvalue weighted by molar-refractivity contribution is 5.80. The standard InChI is InChI=1S/C8H16N2O/c1-4-10-7(11)5-6(9)8(10,2)3/h6H,4-5,9H2,1-3H3. The fraction of sp³-hybridized carbons (Fsp3) is 0.875. The van der Waals surface area contributed by atoms with Gasteiger partial charge < -0.3 is 10.6 Å². The van der Waals surface area contributed by atoms with E-state index >= 15 is 0 Å². The minimum absolute atomic E-state index is 0.00468. The minimum Gasteiger partial charge on any atom is -0.336 e. The first kappa shape index (κ1) is 8.53. The van der Waals surface area contributed by atoms with E-state index in [1.54, 1.807) is 0 Å². The Labute approximate surface area is 67.5 Å². The highest BCUT2D eigenvalue weighted by Crippen LogP contribution is 2.27. The lowest BCUT2D eigenvalue weighted by molar-refractivity contribution is -0.130. The molecule has 1 fully saturated rings. The first-order valence-corrected chi connectivity index (χ1v) is 4.06. The van der Waals surface area contributed by atoms with Gasteiger partial charge in [0, 0.05) is 19.0 Å². The molecule has 1 aliphatic rings. The van der Waals surface area contributed by atoms with Crippen molar-refractivity contribution in [3.05, 3.63) is 0 Å². The van der Waals surface area contributed by atoms with Gasteiger partial charge in [0.05, 0.1) is 5.54 Å². The number of carbonyl (C=O) groups excluding carboxylic acids is 1. The maximum Gasteiger partial charge on any atom is 0.224 e. The second-order valence-corrected chi connectivity index (χ2v) is 3.60. The summed E-state index contributed by atoms with van der Waals surface area (Å²) in [5, 5.41) is 0. The maximum atomic E-state index is 11.3. The Kier molecular flexibility index (Phi) is 1.92. The predicted molar refractivity (Wildman–Crippen MR) is 44.1 cm³/mol. The number of likely N-dealkylation sites (tertiary alicyclic amines) is 1. The Morgan fingerprint density at radius 2 is 2.27 bits per heavy atom. The molecule has 0 saturated carbocycles. The summed E-state index contributed by atoms with van der Waals surface area (Å²) in [5.74, 6) is 0.185. The lowest BCUT2D eigenvalue weighted by Crippen LogP contribution is -2.49. The van der Waals surface area contributed by atoms with Crippen LogP contribution >= 0.6 is 0 Å². The minimum atomic E-state index is -0.147. The molecule has 0 spiro atoms. The molecule has 1 amide bonds. The van der Waals surface area contributed by atoms with Gasteiger partial charge in [-0.1, -0.05) is 0 Å². The van der Waals surface area contributed by atoms with E-state index in [-0.39, 0.29) is 17.5 Å². The quantitative estimate of drug-likeness (QED) is 0.595. The Hall–Kier alpha value is -0.570. The first-order valence-electron chi connectivity index (χ1n) is 4.06. The number of hydrogen-bond acceptors (Lipinski definition) is 2. The molecule has 0 aliphatic carbocycles. The monoisotopic (exact) mass is 156 g/mol. The van der Waals surface area contributed by atoms with E-state index in [2.05, 4.69) is 0 Å². The molecule has 2 N–H and O–H groups in total. The molecule has 64 valence electrons. The Morgan fingerprint density at radius 3 is 2.45 bits per heavy atom. The van der Waals surface area contributed by atoms with Crippen LogP contribution in [0.15, 0.2) is 0 Å². The van der Waals surface area contributed by atoms with E-state index in [0.717, 1.165) is 6.54 Å². The molecule has 3 heteroatoms. The number of carbonyl (C=O) groups is 1. The third-order valence-electron chi connectivity index (χ3n) is 2.61. The summed E-state index contributed by atoms with van der Waals surface area (Å²) in [7, 11) is 0. The summed E-state index contributed by atoms with van der Waals surface area (Å²) in [4.78, 5) is 13.1. The summed E-state index contributed by atoms with van der Waals surface area (Å²) in [6.07, 6.45) is 0.501. The number of hydrogen-bond donors (Lipinski definition) is 1. The van der Waals surface area contributed by atoms with E-state index < -0.39 is 0 Å². The fourth-order valence-electron chi connectivity index (χ4n) is 1.65. The summed E-state index contributed by atoms with van der Waals surface area (Å²) in [6, 6.07) is -0.00468. The molecule has 1 rings (SSSR count). The van der Waals surface area contributed by atoms with E-state index in [1.807, 2.05) is 25.7 Å². The maximum absolute atomic E-state index is 11.3. The summed E-state index contributed by atoms with van der Waals surface area (Å²) in [5.41, 5.74) is 5.66. The van der Waals surface area contributed by atoms with Crippen LogP contribution in [0.2, 0.25) is 0 Å². The highest BCUT2D eigenvalue weighted by Gasteiger charge is 2.42. The molecule has 1 aliphatic heterocycles. The van der Waals surface area contributed by atoms with Gasteiger partial charge in [0.2, 0.25) is 5.91 Å². The van der Waals surface area contributed by atoms with Crippen molar-refractivity contribution in [1.29, 1.82) is 0 Å². The van der Waals surface area contributed by atoms with E-state index in [9.17, 15) is 4.79 Å².